The first-order valence-electron chi connectivity index (χ1n) is 9.66. The Labute approximate surface area is 196 Å². The molecule has 0 saturated carbocycles. The highest BCUT2D eigenvalue weighted by Gasteiger charge is 2.41. The molecule has 2 atom stereocenters. The highest BCUT2D eigenvalue weighted by atomic mass is 32.1. The molecule has 2 N–H and O–H groups in total. The molecule has 0 unspecified atom stereocenters. The quantitative estimate of drug-likeness (QED) is 0.288. The van der Waals surface area contributed by atoms with Gasteiger partial charge in [-0.05, 0) is 42.2 Å². The average molecular weight is 494 g/mol. The summed E-state index contributed by atoms with van der Waals surface area (Å²) in [5.74, 6) is -1.95. The molecule has 1 saturated heterocycles. The number of aromatic carboxylic acids is 1. The van der Waals surface area contributed by atoms with Crippen molar-refractivity contribution >= 4 is 57.7 Å². The van der Waals surface area contributed by atoms with Gasteiger partial charge in [-0.2, -0.15) is 0 Å². The second-order valence-corrected chi connectivity index (χ2v) is 8.89. The van der Waals surface area contributed by atoms with Gasteiger partial charge in [0.05, 0.1) is 9.92 Å². The minimum Gasteiger partial charge on any atom is -0.477 e. The lowest BCUT2D eigenvalue weighted by molar-refractivity contribution is -0.384. The molecule has 0 spiro atoms. The van der Waals surface area contributed by atoms with Gasteiger partial charge >= 0.3 is 12.1 Å². The summed E-state index contributed by atoms with van der Waals surface area (Å²) < 4.78 is 5.29. The lowest BCUT2D eigenvalue weighted by atomic mass is 10.0. The zero-order chi connectivity index (χ0) is 24.1. The number of benzene rings is 1. The number of nitrogens with zero attached hydrogens (tertiary/aromatic N) is 2. The fourth-order valence-corrected chi connectivity index (χ4v) is 4.44. The van der Waals surface area contributed by atoms with E-state index >= 15 is 0 Å². The number of thiophene rings is 1. The van der Waals surface area contributed by atoms with Gasteiger partial charge in [0.25, 0.3) is 5.69 Å². The van der Waals surface area contributed by atoms with Crippen LogP contribution in [0.4, 0.5) is 15.5 Å². The van der Waals surface area contributed by atoms with Gasteiger partial charge in [-0.1, -0.05) is 0 Å². The summed E-state index contributed by atoms with van der Waals surface area (Å²) in [5.41, 5.74) is 0.427. The molecule has 13 heteroatoms. The molecule has 0 aliphatic carbocycles. The van der Waals surface area contributed by atoms with Crippen LogP contribution >= 0.6 is 24.0 Å². The van der Waals surface area contributed by atoms with E-state index in [1.54, 1.807) is 0 Å². The number of anilines is 1. The van der Waals surface area contributed by atoms with E-state index in [-0.39, 0.29) is 47.6 Å². The Kier molecular flexibility index (Phi) is 7.66. The summed E-state index contributed by atoms with van der Waals surface area (Å²) in [6.45, 7) is -0.0565. The molecule has 2 aromatic rings. The van der Waals surface area contributed by atoms with Gasteiger partial charge in [0.15, 0.2) is 5.12 Å². The van der Waals surface area contributed by atoms with Crippen LogP contribution in [0, 0.1) is 16.0 Å². The number of thiol groups is 1. The van der Waals surface area contributed by atoms with Crippen LogP contribution in [0.5, 0.6) is 0 Å². The normalized spacial score (nSPS) is 17.4. The average Bonchev–Trinajstić information content (AvgIpc) is 3.39. The van der Waals surface area contributed by atoms with Crippen molar-refractivity contribution in [2.24, 2.45) is 5.92 Å². The third-order valence-corrected chi connectivity index (χ3v) is 6.13. The molecule has 1 aromatic heterocycles. The number of carbonyl (C=O) groups excluding carboxylic acids is 3. The molecular formula is C20H19N3O8S2. The van der Waals surface area contributed by atoms with E-state index in [4.69, 9.17) is 9.84 Å². The molecule has 0 bridgehead atoms. The molecular weight excluding hydrogens is 474 g/mol. The standard InChI is InChI=1S/C20H19N3O8S2/c24-17(32)8-12-7-14(18(25)21-16-6-5-15(33-16)19(26)27)22(9-12)20(28)31-10-11-1-3-13(4-2-11)23(29)30/h1-6,12,14H,7-10H2,(H,21,25)(H,24,32)(H,26,27)/t12-,14-/m0/s1. The van der Waals surface area contributed by atoms with Crippen LogP contribution in [0.25, 0.3) is 0 Å². The maximum Gasteiger partial charge on any atom is 0.410 e. The number of non-ortho nitro benzene ring substituents is 1. The smallest absolute Gasteiger partial charge is 0.410 e. The SMILES string of the molecule is O=C(S)C[C@@H]1C[C@@H](C(=O)Nc2ccc(C(=O)O)s2)N(C(=O)OCc2ccc([N+](=O)[O-])cc2)C1. The Morgan fingerprint density at radius 2 is 1.91 bits per heavy atom. The molecule has 33 heavy (non-hydrogen) atoms. The highest BCUT2D eigenvalue weighted by Crippen LogP contribution is 2.30. The summed E-state index contributed by atoms with van der Waals surface area (Å²) >= 11 is 4.65. The van der Waals surface area contributed by atoms with Crippen LogP contribution in [0.1, 0.15) is 28.1 Å². The zero-order valence-electron chi connectivity index (χ0n) is 17.0. The fourth-order valence-electron chi connectivity index (χ4n) is 3.43. The highest BCUT2D eigenvalue weighted by molar-refractivity contribution is 7.96. The number of likely N-dealkylation sites (tertiary alicyclic amines) is 1. The summed E-state index contributed by atoms with van der Waals surface area (Å²) in [6, 6.07) is 7.37. The Hall–Kier alpha value is -3.45. The Balaban J connectivity index is 1.68. The minimum absolute atomic E-state index is 0.0506. The van der Waals surface area contributed by atoms with Gasteiger partial charge in [-0.15, -0.1) is 24.0 Å². The third-order valence-electron chi connectivity index (χ3n) is 4.96. The lowest BCUT2D eigenvalue weighted by Gasteiger charge is -2.23. The first-order chi connectivity index (χ1) is 15.6. The number of ether oxygens (including phenoxy) is 1. The minimum atomic E-state index is -1.12. The summed E-state index contributed by atoms with van der Waals surface area (Å²) in [5, 5.41) is 22.3. The number of carbonyl (C=O) groups is 4. The van der Waals surface area contributed by atoms with Crippen LogP contribution in [0.3, 0.4) is 0 Å². The second-order valence-electron chi connectivity index (χ2n) is 7.30. The van der Waals surface area contributed by atoms with Crippen molar-refractivity contribution in [3.63, 3.8) is 0 Å². The van der Waals surface area contributed by atoms with Crippen LogP contribution in [0.2, 0.25) is 0 Å². The van der Waals surface area contributed by atoms with Gasteiger partial charge in [0.2, 0.25) is 5.91 Å². The van der Waals surface area contributed by atoms with Crippen molar-refractivity contribution < 1.29 is 33.9 Å². The van der Waals surface area contributed by atoms with Crippen LogP contribution < -0.4 is 5.32 Å². The molecule has 1 fully saturated rings. The molecule has 2 heterocycles. The third kappa shape index (κ3) is 6.29. The number of nitrogens with one attached hydrogen (secondary N) is 1. The van der Waals surface area contributed by atoms with Gasteiger partial charge in [-0.25, -0.2) is 9.59 Å². The maximum absolute atomic E-state index is 12.8. The maximum atomic E-state index is 12.8. The predicted molar refractivity (Wildman–Crippen MR) is 120 cm³/mol. The first-order valence-corrected chi connectivity index (χ1v) is 10.9. The monoisotopic (exact) mass is 493 g/mol. The van der Waals surface area contributed by atoms with Crippen molar-refractivity contribution in [3.8, 4) is 0 Å². The number of rotatable bonds is 8. The summed E-state index contributed by atoms with van der Waals surface area (Å²) in [7, 11) is 0. The largest absolute Gasteiger partial charge is 0.477 e. The summed E-state index contributed by atoms with van der Waals surface area (Å²) in [6.07, 6.45) is -0.497. The molecule has 1 aromatic carbocycles. The van der Waals surface area contributed by atoms with E-state index in [1.165, 1.54) is 41.3 Å². The fraction of sp³-hybridized carbons (Fsp3) is 0.300. The van der Waals surface area contributed by atoms with Gasteiger partial charge in [0, 0.05) is 25.1 Å². The number of nitro benzene ring substituents is 1. The number of carboxylic acid groups (broad SMARTS) is 1. The molecule has 1 aliphatic rings. The molecule has 2 amide bonds. The Morgan fingerprint density at radius 3 is 2.48 bits per heavy atom. The molecule has 174 valence electrons. The van der Waals surface area contributed by atoms with Crippen LogP contribution in [0.15, 0.2) is 36.4 Å². The lowest BCUT2D eigenvalue weighted by Crippen LogP contribution is -2.43. The topological polar surface area (TPSA) is 156 Å². The number of hydrogen-bond donors (Lipinski definition) is 3. The second kappa shape index (κ2) is 10.4. The predicted octanol–water partition coefficient (Wildman–Crippen LogP) is 3.17. The number of carboxylic acids is 1. The zero-order valence-corrected chi connectivity index (χ0v) is 18.7. The van der Waals surface area contributed by atoms with E-state index < -0.39 is 28.9 Å². The van der Waals surface area contributed by atoms with Crippen molar-refractivity contribution in [2.45, 2.75) is 25.5 Å². The molecule has 11 nitrogen and oxygen atoms in total. The van der Waals surface area contributed by atoms with E-state index in [0.717, 1.165) is 11.3 Å². The number of amides is 2. The van der Waals surface area contributed by atoms with E-state index in [0.29, 0.717) is 10.6 Å². The van der Waals surface area contributed by atoms with Crippen molar-refractivity contribution in [1.82, 2.24) is 4.90 Å². The molecule has 1 aliphatic heterocycles. The summed E-state index contributed by atoms with van der Waals surface area (Å²) in [4.78, 5) is 59.5. The van der Waals surface area contributed by atoms with Crippen LogP contribution in [-0.4, -0.2) is 50.6 Å². The van der Waals surface area contributed by atoms with Gasteiger partial charge < -0.3 is 15.2 Å². The Bertz CT molecular complexity index is 1090. The Morgan fingerprint density at radius 1 is 1.21 bits per heavy atom. The van der Waals surface area contributed by atoms with Gasteiger partial charge in [0.1, 0.15) is 17.5 Å². The van der Waals surface area contributed by atoms with Crippen LogP contribution in [-0.2, 0) is 20.9 Å². The van der Waals surface area contributed by atoms with Crippen molar-refractivity contribution in [2.75, 3.05) is 11.9 Å². The molecule has 3 rings (SSSR count). The van der Waals surface area contributed by atoms with E-state index in [9.17, 15) is 29.3 Å². The number of nitro groups is 1. The number of hydrogen-bond acceptors (Lipinski definition) is 8. The van der Waals surface area contributed by atoms with Gasteiger partial charge in [-0.3, -0.25) is 24.6 Å². The first kappa shape index (κ1) is 24.2. The van der Waals surface area contributed by atoms with Crippen molar-refractivity contribution in [1.29, 1.82) is 0 Å². The van der Waals surface area contributed by atoms with E-state index in [1.807, 2.05) is 0 Å². The van der Waals surface area contributed by atoms with Crippen molar-refractivity contribution in [3.05, 3.63) is 57.0 Å². The molecule has 0 radical (unpaired) electrons. The van der Waals surface area contributed by atoms with E-state index in [2.05, 4.69) is 17.9 Å².